The van der Waals surface area contributed by atoms with Gasteiger partial charge in [-0.1, -0.05) is 0 Å². The van der Waals surface area contributed by atoms with E-state index < -0.39 is 11.6 Å². The molecule has 1 aromatic carbocycles. The highest BCUT2D eigenvalue weighted by Gasteiger charge is 2.41. The number of ketones is 1. The molecule has 2 unspecified atom stereocenters. The second kappa shape index (κ2) is 5.78. The van der Waals surface area contributed by atoms with Gasteiger partial charge in [0.05, 0.1) is 5.56 Å². The van der Waals surface area contributed by atoms with E-state index in [-0.39, 0.29) is 29.7 Å². The maximum absolute atomic E-state index is 13.7. The van der Waals surface area contributed by atoms with E-state index in [1.165, 1.54) is 6.07 Å². The molecule has 0 radical (unpaired) electrons. The Kier molecular flexibility index (Phi) is 4.45. The number of hydrogen-bond acceptors (Lipinski definition) is 2. The summed E-state index contributed by atoms with van der Waals surface area (Å²) < 4.78 is 26.6. The summed E-state index contributed by atoms with van der Waals surface area (Å²) >= 11 is 0. The van der Waals surface area contributed by atoms with Crippen LogP contribution in [0.1, 0.15) is 36.0 Å². The molecule has 0 aliphatic carbocycles. The molecule has 0 saturated carbocycles. The summed E-state index contributed by atoms with van der Waals surface area (Å²) in [4.78, 5) is 14.7. The normalized spacial score (nSPS) is 29.1. The van der Waals surface area contributed by atoms with Crippen LogP contribution in [-0.4, -0.2) is 29.8 Å². The van der Waals surface area contributed by atoms with Crippen molar-refractivity contribution >= 4 is 18.2 Å². The maximum atomic E-state index is 13.7. The lowest BCUT2D eigenvalue weighted by Crippen LogP contribution is -2.42. The van der Waals surface area contributed by atoms with Gasteiger partial charge in [0.2, 0.25) is 0 Å². The average molecular weight is 302 g/mol. The van der Waals surface area contributed by atoms with Crippen molar-refractivity contribution in [2.75, 3.05) is 7.05 Å². The largest absolute Gasteiger partial charge is 0.300 e. The van der Waals surface area contributed by atoms with Crippen molar-refractivity contribution < 1.29 is 13.6 Å². The van der Waals surface area contributed by atoms with Gasteiger partial charge < -0.3 is 4.90 Å². The van der Waals surface area contributed by atoms with Crippen LogP contribution in [0.3, 0.4) is 0 Å². The Labute approximate surface area is 123 Å². The Morgan fingerprint density at radius 3 is 2.35 bits per heavy atom. The molecule has 2 nitrogen and oxygen atoms in total. The summed E-state index contributed by atoms with van der Waals surface area (Å²) in [5, 5.41) is 0. The Hall–Kier alpha value is -1.000. The monoisotopic (exact) mass is 301 g/mol. The number of nitrogens with zero attached hydrogens (tertiary/aromatic N) is 1. The topological polar surface area (TPSA) is 20.3 Å². The number of benzene rings is 1. The number of hydrogen-bond donors (Lipinski definition) is 0. The molecule has 20 heavy (non-hydrogen) atoms. The fourth-order valence-electron chi connectivity index (χ4n) is 3.53. The van der Waals surface area contributed by atoms with E-state index in [4.69, 9.17) is 0 Å². The average Bonchev–Trinajstić information content (AvgIpc) is 2.61. The molecule has 110 valence electrons. The van der Waals surface area contributed by atoms with Crippen LogP contribution in [0, 0.1) is 17.6 Å². The van der Waals surface area contributed by atoms with Crippen molar-refractivity contribution in [1.82, 2.24) is 4.90 Å². The van der Waals surface area contributed by atoms with Gasteiger partial charge in [0.1, 0.15) is 11.6 Å². The number of fused-ring (bicyclic) bond motifs is 2. The highest BCUT2D eigenvalue weighted by molar-refractivity contribution is 5.98. The minimum absolute atomic E-state index is 0. The third-order valence-corrected chi connectivity index (χ3v) is 4.67. The van der Waals surface area contributed by atoms with Crippen molar-refractivity contribution in [3.05, 3.63) is 35.4 Å². The Morgan fingerprint density at radius 2 is 1.80 bits per heavy atom. The molecular formula is C15H18ClF2NO. The first-order chi connectivity index (χ1) is 9.06. The van der Waals surface area contributed by atoms with Crippen LogP contribution in [0.15, 0.2) is 18.2 Å². The first kappa shape index (κ1) is 15.4. The highest BCUT2D eigenvalue weighted by atomic mass is 35.5. The zero-order valence-electron chi connectivity index (χ0n) is 11.3. The number of halogens is 3. The second-order valence-electron chi connectivity index (χ2n) is 5.71. The number of carbonyl (C=O) groups is 1. The van der Waals surface area contributed by atoms with Crippen LogP contribution < -0.4 is 0 Å². The number of piperidine rings is 1. The van der Waals surface area contributed by atoms with Gasteiger partial charge in [0.25, 0.3) is 0 Å². The van der Waals surface area contributed by atoms with Crippen molar-refractivity contribution in [1.29, 1.82) is 0 Å². The first-order valence-electron chi connectivity index (χ1n) is 6.77. The molecule has 2 saturated heterocycles. The van der Waals surface area contributed by atoms with Crippen LogP contribution in [0.4, 0.5) is 8.78 Å². The van der Waals surface area contributed by atoms with Gasteiger partial charge in [-0.15, -0.1) is 12.4 Å². The summed E-state index contributed by atoms with van der Waals surface area (Å²) in [5.41, 5.74) is 0.0374. The molecule has 0 aromatic heterocycles. The van der Waals surface area contributed by atoms with Gasteiger partial charge in [-0.3, -0.25) is 4.79 Å². The predicted octanol–water partition coefficient (Wildman–Crippen LogP) is 3.44. The lowest BCUT2D eigenvalue weighted by Gasteiger charge is -2.35. The standard InChI is InChI=1S/C15H17F2NO.ClH/c1-18-11-3-4-12(18)7-9(6-11)15(19)13-5-2-10(16)8-14(13)17;/h2,5,8-9,11-12H,3-4,6-7H2,1H3;1H. The van der Waals surface area contributed by atoms with E-state index in [0.717, 1.165) is 37.8 Å². The van der Waals surface area contributed by atoms with Gasteiger partial charge in [-0.2, -0.15) is 0 Å². The molecule has 2 bridgehead atoms. The molecule has 2 atom stereocenters. The van der Waals surface area contributed by atoms with Crippen LogP contribution >= 0.6 is 12.4 Å². The zero-order chi connectivity index (χ0) is 13.6. The van der Waals surface area contributed by atoms with E-state index in [1.54, 1.807) is 0 Å². The van der Waals surface area contributed by atoms with Gasteiger partial charge >= 0.3 is 0 Å². The Bertz CT molecular complexity index is 509. The van der Waals surface area contributed by atoms with Gasteiger partial charge in [0, 0.05) is 24.1 Å². The summed E-state index contributed by atoms with van der Waals surface area (Å²) in [6.45, 7) is 0. The van der Waals surface area contributed by atoms with Crippen LogP contribution in [0.2, 0.25) is 0 Å². The fraction of sp³-hybridized carbons (Fsp3) is 0.533. The first-order valence-corrected chi connectivity index (χ1v) is 6.77. The minimum atomic E-state index is -0.740. The molecule has 5 heteroatoms. The molecule has 3 rings (SSSR count). The fourth-order valence-corrected chi connectivity index (χ4v) is 3.53. The lowest BCUT2D eigenvalue weighted by atomic mass is 9.85. The summed E-state index contributed by atoms with van der Waals surface area (Å²) in [6, 6.07) is 4.09. The van der Waals surface area contributed by atoms with Gasteiger partial charge in [-0.25, -0.2) is 8.78 Å². The molecule has 0 spiro atoms. The highest BCUT2D eigenvalue weighted by Crippen LogP contribution is 2.38. The minimum Gasteiger partial charge on any atom is -0.300 e. The van der Waals surface area contributed by atoms with E-state index in [2.05, 4.69) is 11.9 Å². The third kappa shape index (κ3) is 2.59. The van der Waals surface area contributed by atoms with E-state index in [1.807, 2.05) is 0 Å². The van der Waals surface area contributed by atoms with E-state index >= 15 is 0 Å². The summed E-state index contributed by atoms with van der Waals surface area (Å²) in [6.07, 6.45) is 3.83. The summed E-state index contributed by atoms with van der Waals surface area (Å²) in [7, 11) is 2.10. The lowest BCUT2D eigenvalue weighted by molar-refractivity contribution is 0.0763. The van der Waals surface area contributed by atoms with E-state index in [9.17, 15) is 13.6 Å². The molecule has 2 aliphatic rings. The van der Waals surface area contributed by atoms with Crippen molar-refractivity contribution in [2.45, 2.75) is 37.8 Å². The molecule has 1 aromatic rings. The van der Waals surface area contributed by atoms with Crippen LogP contribution in [-0.2, 0) is 0 Å². The molecule has 0 amide bonds. The van der Waals surface area contributed by atoms with Gasteiger partial charge in [-0.05, 0) is 44.9 Å². The zero-order valence-corrected chi connectivity index (χ0v) is 12.1. The van der Waals surface area contributed by atoms with Crippen molar-refractivity contribution in [3.8, 4) is 0 Å². The summed E-state index contributed by atoms with van der Waals surface area (Å²) in [5.74, 6) is -1.66. The second-order valence-corrected chi connectivity index (χ2v) is 5.71. The molecule has 0 N–H and O–H groups in total. The van der Waals surface area contributed by atoms with E-state index in [0.29, 0.717) is 12.1 Å². The van der Waals surface area contributed by atoms with Crippen molar-refractivity contribution in [3.63, 3.8) is 0 Å². The predicted molar refractivity (Wildman–Crippen MR) is 75.2 cm³/mol. The maximum Gasteiger partial charge on any atom is 0.169 e. The molecular weight excluding hydrogens is 284 g/mol. The third-order valence-electron chi connectivity index (χ3n) is 4.67. The molecule has 2 aliphatic heterocycles. The van der Waals surface area contributed by atoms with Crippen LogP contribution in [0.25, 0.3) is 0 Å². The molecule has 2 fully saturated rings. The Morgan fingerprint density at radius 1 is 1.20 bits per heavy atom. The molecule has 2 heterocycles. The van der Waals surface area contributed by atoms with Crippen molar-refractivity contribution in [2.24, 2.45) is 5.92 Å². The number of Topliss-reactive ketones (excluding diaryl/α,β-unsaturated/α-hetero) is 1. The SMILES string of the molecule is CN1C2CCC1CC(C(=O)c1ccc(F)cc1F)C2.Cl. The van der Waals surface area contributed by atoms with Gasteiger partial charge in [0.15, 0.2) is 5.78 Å². The Balaban J connectivity index is 0.00000147. The van der Waals surface area contributed by atoms with Crippen LogP contribution in [0.5, 0.6) is 0 Å². The smallest absolute Gasteiger partial charge is 0.169 e. The quantitative estimate of drug-likeness (QED) is 0.780. The number of carbonyl (C=O) groups excluding carboxylic acids is 1. The number of rotatable bonds is 2.